The zero-order chi connectivity index (χ0) is 16.9. The summed E-state index contributed by atoms with van der Waals surface area (Å²) in [5.74, 6) is 0.289. The van der Waals surface area contributed by atoms with Crippen molar-refractivity contribution in [3.8, 4) is 0 Å². The van der Waals surface area contributed by atoms with Crippen LogP contribution in [0.4, 0.5) is 5.82 Å². The molecule has 1 aliphatic rings. The minimum atomic E-state index is -0.495. The molecule has 0 radical (unpaired) electrons. The highest BCUT2D eigenvalue weighted by Crippen LogP contribution is 2.13. The molecule has 1 amide bonds. The summed E-state index contributed by atoms with van der Waals surface area (Å²) in [5.41, 5.74) is 3.09. The van der Waals surface area contributed by atoms with Gasteiger partial charge in [-0.2, -0.15) is 5.10 Å². The molecule has 6 heteroatoms. The molecule has 126 valence electrons. The Morgan fingerprint density at radius 1 is 1.29 bits per heavy atom. The lowest BCUT2D eigenvalue weighted by Gasteiger charge is -2.32. The lowest BCUT2D eigenvalue weighted by Crippen LogP contribution is -2.47. The number of amides is 1. The van der Waals surface area contributed by atoms with E-state index in [9.17, 15) is 4.79 Å². The number of carbonyl (C=O) groups excluding carboxylic acids is 1. The quantitative estimate of drug-likeness (QED) is 0.930. The Hall–Kier alpha value is -2.31. The van der Waals surface area contributed by atoms with Gasteiger partial charge < -0.3 is 10.1 Å². The van der Waals surface area contributed by atoms with E-state index in [1.165, 1.54) is 5.56 Å². The number of aromatic nitrogens is 2. The van der Waals surface area contributed by atoms with Crippen LogP contribution in [0.1, 0.15) is 16.8 Å². The van der Waals surface area contributed by atoms with Gasteiger partial charge in [0.2, 0.25) is 0 Å². The van der Waals surface area contributed by atoms with Crippen molar-refractivity contribution in [1.82, 2.24) is 15.1 Å². The van der Waals surface area contributed by atoms with E-state index in [0.717, 1.165) is 24.3 Å². The standard InChI is InChI=1S/C18H22N4O2/c1-13-10-17(21-20-14(13)2)19-18(23)16-12-22(8-9-24-16)11-15-6-4-3-5-7-15/h3-7,10,16H,8-9,11-12H2,1-2H3,(H,19,21,23)/t16-/m1/s1. The fourth-order valence-corrected chi connectivity index (χ4v) is 2.66. The minimum absolute atomic E-state index is 0.176. The van der Waals surface area contributed by atoms with Crippen LogP contribution in [-0.2, 0) is 16.1 Å². The van der Waals surface area contributed by atoms with Gasteiger partial charge in [-0.05, 0) is 31.0 Å². The van der Waals surface area contributed by atoms with Crippen molar-refractivity contribution < 1.29 is 9.53 Å². The highest BCUT2D eigenvalue weighted by Gasteiger charge is 2.27. The van der Waals surface area contributed by atoms with E-state index < -0.39 is 6.10 Å². The summed E-state index contributed by atoms with van der Waals surface area (Å²) < 4.78 is 5.63. The molecule has 24 heavy (non-hydrogen) atoms. The topological polar surface area (TPSA) is 67.4 Å². The molecule has 1 N–H and O–H groups in total. The average molecular weight is 326 g/mol. The lowest BCUT2D eigenvalue weighted by atomic mass is 10.2. The molecule has 1 saturated heterocycles. The molecule has 1 aliphatic heterocycles. The van der Waals surface area contributed by atoms with E-state index in [1.54, 1.807) is 0 Å². The SMILES string of the molecule is Cc1cc(NC(=O)[C@H]2CN(Cc3ccccc3)CCO2)nnc1C. The Morgan fingerprint density at radius 3 is 2.83 bits per heavy atom. The fourth-order valence-electron chi connectivity index (χ4n) is 2.66. The van der Waals surface area contributed by atoms with Crippen LogP contribution in [0.15, 0.2) is 36.4 Å². The van der Waals surface area contributed by atoms with Crippen LogP contribution >= 0.6 is 0 Å². The number of carbonyl (C=O) groups is 1. The van der Waals surface area contributed by atoms with Gasteiger partial charge in [0, 0.05) is 19.6 Å². The van der Waals surface area contributed by atoms with E-state index in [2.05, 4.69) is 32.5 Å². The highest BCUT2D eigenvalue weighted by molar-refractivity contribution is 5.93. The Labute approximate surface area is 141 Å². The van der Waals surface area contributed by atoms with Gasteiger partial charge in [-0.1, -0.05) is 30.3 Å². The van der Waals surface area contributed by atoms with Crippen molar-refractivity contribution in [1.29, 1.82) is 0 Å². The van der Waals surface area contributed by atoms with Crippen molar-refractivity contribution in [2.75, 3.05) is 25.0 Å². The molecule has 0 bridgehead atoms. The normalized spacial score (nSPS) is 18.3. The van der Waals surface area contributed by atoms with E-state index in [4.69, 9.17) is 4.74 Å². The average Bonchev–Trinajstić information content (AvgIpc) is 2.59. The molecule has 2 aromatic rings. The minimum Gasteiger partial charge on any atom is -0.366 e. The van der Waals surface area contributed by atoms with Crippen LogP contribution < -0.4 is 5.32 Å². The van der Waals surface area contributed by atoms with Gasteiger partial charge in [-0.25, -0.2) is 0 Å². The predicted octanol–water partition coefficient (Wildman–Crippen LogP) is 1.93. The molecule has 2 heterocycles. The van der Waals surface area contributed by atoms with E-state index in [1.807, 2.05) is 38.1 Å². The van der Waals surface area contributed by atoms with Crippen LogP contribution in [0, 0.1) is 13.8 Å². The maximum absolute atomic E-state index is 12.4. The van der Waals surface area contributed by atoms with Gasteiger partial charge >= 0.3 is 0 Å². The number of aryl methyl sites for hydroxylation is 2. The van der Waals surface area contributed by atoms with Crippen LogP contribution in [-0.4, -0.2) is 46.8 Å². The Kier molecular flexibility index (Phi) is 5.17. The molecule has 1 fully saturated rings. The number of nitrogens with zero attached hydrogens (tertiary/aromatic N) is 3. The maximum Gasteiger partial charge on any atom is 0.256 e. The van der Waals surface area contributed by atoms with Crippen LogP contribution in [0.25, 0.3) is 0 Å². The third-order valence-electron chi connectivity index (χ3n) is 4.17. The lowest BCUT2D eigenvalue weighted by molar-refractivity contribution is -0.133. The molecule has 1 atom stereocenters. The Morgan fingerprint density at radius 2 is 2.08 bits per heavy atom. The van der Waals surface area contributed by atoms with Crippen molar-refractivity contribution in [3.63, 3.8) is 0 Å². The van der Waals surface area contributed by atoms with Gasteiger partial charge in [0.25, 0.3) is 5.91 Å². The monoisotopic (exact) mass is 326 g/mol. The van der Waals surface area contributed by atoms with Crippen molar-refractivity contribution in [3.05, 3.63) is 53.2 Å². The highest BCUT2D eigenvalue weighted by atomic mass is 16.5. The van der Waals surface area contributed by atoms with Gasteiger partial charge in [0.15, 0.2) is 5.82 Å². The van der Waals surface area contributed by atoms with Crippen molar-refractivity contribution in [2.24, 2.45) is 0 Å². The number of ether oxygens (including phenoxy) is 1. The first-order valence-corrected chi connectivity index (χ1v) is 8.11. The zero-order valence-corrected chi connectivity index (χ0v) is 14.0. The van der Waals surface area contributed by atoms with Crippen LogP contribution in [0.3, 0.4) is 0 Å². The van der Waals surface area contributed by atoms with Gasteiger partial charge in [0.1, 0.15) is 6.10 Å². The van der Waals surface area contributed by atoms with Crippen LogP contribution in [0.5, 0.6) is 0 Å². The zero-order valence-electron chi connectivity index (χ0n) is 14.0. The number of rotatable bonds is 4. The number of hydrogen-bond donors (Lipinski definition) is 1. The molecule has 0 saturated carbocycles. The van der Waals surface area contributed by atoms with Crippen LogP contribution in [0.2, 0.25) is 0 Å². The first-order valence-electron chi connectivity index (χ1n) is 8.11. The van der Waals surface area contributed by atoms with E-state index in [-0.39, 0.29) is 5.91 Å². The third kappa shape index (κ3) is 4.15. The summed E-state index contributed by atoms with van der Waals surface area (Å²) in [5, 5.41) is 10.8. The predicted molar refractivity (Wildman–Crippen MR) is 91.6 cm³/mol. The summed E-state index contributed by atoms with van der Waals surface area (Å²) in [6.45, 7) is 6.58. The maximum atomic E-state index is 12.4. The Bertz CT molecular complexity index is 705. The summed E-state index contributed by atoms with van der Waals surface area (Å²) in [4.78, 5) is 14.7. The fraction of sp³-hybridized carbons (Fsp3) is 0.389. The van der Waals surface area contributed by atoms with Gasteiger partial charge in [0.05, 0.1) is 12.3 Å². The molecule has 1 aromatic carbocycles. The smallest absolute Gasteiger partial charge is 0.256 e. The molecule has 0 aliphatic carbocycles. The molecule has 0 spiro atoms. The second kappa shape index (κ2) is 7.51. The largest absolute Gasteiger partial charge is 0.366 e. The second-order valence-corrected chi connectivity index (χ2v) is 6.07. The molecular formula is C18H22N4O2. The van der Waals surface area contributed by atoms with E-state index >= 15 is 0 Å². The summed E-state index contributed by atoms with van der Waals surface area (Å²) in [7, 11) is 0. The first-order chi connectivity index (χ1) is 11.6. The number of nitrogens with one attached hydrogen (secondary N) is 1. The molecule has 0 unspecified atom stereocenters. The first kappa shape index (κ1) is 16.5. The third-order valence-corrected chi connectivity index (χ3v) is 4.17. The van der Waals surface area contributed by atoms with Gasteiger partial charge in [-0.3, -0.25) is 9.69 Å². The summed E-state index contributed by atoms with van der Waals surface area (Å²) >= 11 is 0. The molecule has 1 aromatic heterocycles. The van der Waals surface area contributed by atoms with Gasteiger partial charge in [-0.15, -0.1) is 5.10 Å². The second-order valence-electron chi connectivity index (χ2n) is 6.07. The van der Waals surface area contributed by atoms with E-state index in [0.29, 0.717) is 19.0 Å². The van der Waals surface area contributed by atoms with Crippen molar-refractivity contribution >= 4 is 11.7 Å². The number of anilines is 1. The Balaban J connectivity index is 1.59. The summed E-state index contributed by atoms with van der Waals surface area (Å²) in [6, 6.07) is 12.1. The molecule has 3 rings (SSSR count). The molecular weight excluding hydrogens is 304 g/mol. The molecule has 6 nitrogen and oxygen atoms in total. The van der Waals surface area contributed by atoms with Crippen molar-refractivity contribution in [2.45, 2.75) is 26.5 Å². The number of morpholine rings is 1. The summed E-state index contributed by atoms with van der Waals surface area (Å²) in [6.07, 6.45) is -0.495. The number of benzene rings is 1. The number of hydrogen-bond acceptors (Lipinski definition) is 5.